The van der Waals surface area contributed by atoms with Gasteiger partial charge in [0, 0.05) is 12.1 Å². The second kappa shape index (κ2) is 9.84. The number of esters is 1. The minimum absolute atomic E-state index is 0.181. The summed E-state index contributed by atoms with van der Waals surface area (Å²) in [5, 5.41) is 4.56. The highest BCUT2D eigenvalue weighted by molar-refractivity contribution is 7.89. The van der Waals surface area contributed by atoms with Crippen LogP contribution in [0.5, 0.6) is 0 Å². The number of hydrogen-bond donors (Lipinski definition) is 3. The molecule has 0 fully saturated rings. The molecule has 1 aromatic rings. The molecule has 0 saturated carbocycles. The summed E-state index contributed by atoms with van der Waals surface area (Å²) in [4.78, 5) is 35.1. The fourth-order valence-electron chi connectivity index (χ4n) is 2.70. The van der Waals surface area contributed by atoms with Crippen molar-refractivity contribution in [3.63, 3.8) is 0 Å². The Labute approximate surface area is 171 Å². The Morgan fingerprint density at radius 2 is 1.59 bits per heavy atom. The lowest BCUT2D eigenvalue weighted by atomic mass is 10.1. The highest BCUT2D eigenvalue weighted by atomic mass is 32.2. The molecule has 0 aliphatic heterocycles. The molecular formula is C19H29N3O6S. The topological polar surface area (TPSA) is 131 Å². The zero-order valence-electron chi connectivity index (χ0n) is 17.6. The lowest BCUT2D eigenvalue weighted by Crippen LogP contribution is -2.49. The fraction of sp³-hybridized carbons (Fsp3) is 0.526. The lowest BCUT2D eigenvalue weighted by Gasteiger charge is -2.20. The first kappa shape index (κ1) is 24.6. The number of urea groups is 1. The van der Waals surface area contributed by atoms with Crippen LogP contribution in [-0.4, -0.2) is 45.0 Å². The van der Waals surface area contributed by atoms with Crippen LogP contribution in [0, 0.1) is 20.8 Å². The molecule has 0 aliphatic rings. The molecule has 9 nitrogen and oxygen atoms in total. The van der Waals surface area contributed by atoms with Gasteiger partial charge in [-0.1, -0.05) is 17.7 Å². The Bertz CT molecular complexity index is 865. The van der Waals surface area contributed by atoms with E-state index in [9.17, 15) is 22.8 Å². The van der Waals surface area contributed by atoms with E-state index in [1.165, 1.54) is 0 Å². The first-order valence-corrected chi connectivity index (χ1v) is 10.5. The van der Waals surface area contributed by atoms with Gasteiger partial charge in [-0.15, -0.1) is 0 Å². The largest absolute Gasteiger partial charge is 0.456 e. The molecule has 3 amide bonds. The first-order chi connectivity index (χ1) is 13.2. The average Bonchev–Trinajstić information content (AvgIpc) is 2.49. The Hall–Kier alpha value is -2.46. The van der Waals surface area contributed by atoms with Crippen LogP contribution in [0.4, 0.5) is 4.79 Å². The van der Waals surface area contributed by atoms with E-state index >= 15 is 0 Å². The molecule has 0 heterocycles. The van der Waals surface area contributed by atoms with Crippen LogP contribution in [0.15, 0.2) is 17.0 Å². The zero-order valence-corrected chi connectivity index (χ0v) is 18.5. The van der Waals surface area contributed by atoms with Gasteiger partial charge in [-0.05, 0) is 52.7 Å². The zero-order chi connectivity index (χ0) is 22.4. The van der Waals surface area contributed by atoms with Crippen molar-refractivity contribution < 1.29 is 27.5 Å². The molecule has 162 valence electrons. The maximum absolute atomic E-state index is 12.5. The summed E-state index contributed by atoms with van der Waals surface area (Å²) in [5.41, 5.74) is 1.66. The number of imide groups is 1. The van der Waals surface area contributed by atoms with Crippen LogP contribution in [0.3, 0.4) is 0 Å². The highest BCUT2D eigenvalue weighted by Gasteiger charge is 2.20. The van der Waals surface area contributed by atoms with E-state index in [1.807, 2.05) is 12.2 Å². The predicted molar refractivity (Wildman–Crippen MR) is 108 cm³/mol. The van der Waals surface area contributed by atoms with Crippen molar-refractivity contribution >= 4 is 27.9 Å². The van der Waals surface area contributed by atoms with Gasteiger partial charge in [-0.2, -0.15) is 0 Å². The van der Waals surface area contributed by atoms with Crippen LogP contribution < -0.4 is 15.4 Å². The van der Waals surface area contributed by atoms with Gasteiger partial charge in [0.25, 0.3) is 5.91 Å². The molecule has 29 heavy (non-hydrogen) atoms. The van der Waals surface area contributed by atoms with E-state index in [0.717, 1.165) is 5.56 Å². The van der Waals surface area contributed by atoms with E-state index in [1.54, 1.807) is 46.8 Å². The molecule has 10 heteroatoms. The summed E-state index contributed by atoms with van der Waals surface area (Å²) in [6, 6.07) is 2.84. The molecule has 3 N–H and O–H groups in total. The number of carbonyl (C=O) groups is 3. The Morgan fingerprint density at radius 3 is 2.10 bits per heavy atom. The highest BCUT2D eigenvalue weighted by Crippen LogP contribution is 2.21. The summed E-state index contributed by atoms with van der Waals surface area (Å²) >= 11 is 0. The maximum atomic E-state index is 12.5. The minimum atomic E-state index is -3.79. The van der Waals surface area contributed by atoms with Crippen molar-refractivity contribution in [1.82, 2.24) is 15.4 Å². The van der Waals surface area contributed by atoms with Gasteiger partial charge >= 0.3 is 12.0 Å². The quantitative estimate of drug-likeness (QED) is 0.565. The standard InChI is InChI=1S/C19H29N3O6S/c1-12-9-13(2)17(14(3)10-12)29(26,27)20-8-7-16(24)28-11-15(23)21-18(25)22-19(4,5)6/h9-10,20H,7-8,11H2,1-6H3,(H2,21,22,23,25). The van der Waals surface area contributed by atoms with Gasteiger partial charge in [-0.3, -0.25) is 14.9 Å². The Kier molecular flexibility index (Phi) is 8.34. The molecule has 0 unspecified atom stereocenters. The number of ether oxygens (including phenoxy) is 1. The van der Waals surface area contributed by atoms with Crippen LogP contribution in [-0.2, 0) is 24.3 Å². The van der Waals surface area contributed by atoms with Crippen LogP contribution >= 0.6 is 0 Å². The van der Waals surface area contributed by atoms with Crippen molar-refractivity contribution in [2.75, 3.05) is 13.2 Å². The summed E-state index contributed by atoms with van der Waals surface area (Å²) in [6.07, 6.45) is -0.259. The molecular weight excluding hydrogens is 398 g/mol. The summed E-state index contributed by atoms with van der Waals surface area (Å²) in [5.74, 6) is -1.55. The molecule has 0 bridgehead atoms. The molecule has 0 saturated heterocycles. The Balaban J connectivity index is 2.48. The SMILES string of the molecule is Cc1cc(C)c(S(=O)(=O)NCCC(=O)OCC(=O)NC(=O)NC(C)(C)C)c(C)c1. The minimum Gasteiger partial charge on any atom is -0.456 e. The smallest absolute Gasteiger partial charge is 0.321 e. The molecule has 1 aromatic carbocycles. The van der Waals surface area contributed by atoms with Crippen molar-refractivity contribution in [2.45, 2.75) is 58.4 Å². The summed E-state index contributed by atoms with van der Waals surface area (Å²) in [7, 11) is -3.79. The summed E-state index contributed by atoms with van der Waals surface area (Å²) in [6.45, 7) is 9.71. The molecule has 0 aromatic heterocycles. The average molecular weight is 428 g/mol. The predicted octanol–water partition coefficient (Wildman–Crippen LogP) is 1.45. The number of rotatable bonds is 7. The fourth-order valence-corrected chi connectivity index (χ4v) is 4.18. The second-order valence-electron chi connectivity index (χ2n) is 7.79. The van der Waals surface area contributed by atoms with Crippen molar-refractivity contribution in [3.8, 4) is 0 Å². The number of aryl methyl sites for hydroxylation is 3. The van der Waals surface area contributed by atoms with Crippen molar-refractivity contribution in [3.05, 3.63) is 28.8 Å². The van der Waals surface area contributed by atoms with E-state index in [0.29, 0.717) is 11.1 Å². The summed E-state index contributed by atoms with van der Waals surface area (Å²) < 4.78 is 32.1. The third-order valence-electron chi connectivity index (χ3n) is 3.60. The van der Waals surface area contributed by atoms with E-state index in [4.69, 9.17) is 4.74 Å². The molecule has 0 radical (unpaired) electrons. The third kappa shape index (κ3) is 8.61. The number of carbonyl (C=O) groups excluding carboxylic acids is 3. The third-order valence-corrected chi connectivity index (χ3v) is 5.37. The van der Waals surface area contributed by atoms with Gasteiger partial charge in [-0.25, -0.2) is 17.9 Å². The van der Waals surface area contributed by atoms with Gasteiger partial charge < -0.3 is 10.1 Å². The molecule has 0 atom stereocenters. The number of hydrogen-bond acceptors (Lipinski definition) is 6. The number of nitrogens with one attached hydrogen (secondary N) is 3. The first-order valence-electron chi connectivity index (χ1n) is 9.06. The van der Waals surface area contributed by atoms with Gasteiger partial charge in [0.15, 0.2) is 6.61 Å². The Morgan fingerprint density at radius 1 is 1.03 bits per heavy atom. The van der Waals surface area contributed by atoms with Crippen LogP contribution in [0.2, 0.25) is 0 Å². The van der Waals surface area contributed by atoms with Gasteiger partial charge in [0.05, 0.1) is 11.3 Å². The molecule has 0 aliphatic carbocycles. The van der Waals surface area contributed by atoms with Crippen LogP contribution in [0.1, 0.15) is 43.9 Å². The van der Waals surface area contributed by atoms with Crippen LogP contribution in [0.25, 0.3) is 0 Å². The normalized spacial score (nSPS) is 11.7. The van der Waals surface area contributed by atoms with Gasteiger partial charge in [0.1, 0.15) is 0 Å². The lowest BCUT2D eigenvalue weighted by molar-refractivity contribution is -0.148. The number of amides is 3. The maximum Gasteiger partial charge on any atom is 0.321 e. The molecule has 1 rings (SSSR count). The van der Waals surface area contributed by atoms with Crippen molar-refractivity contribution in [1.29, 1.82) is 0 Å². The van der Waals surface area contributed by atoms with E-state index in [2.05, 4.69) is 10.0 Å². The van der Waals surface area contributed by atoms with Gasteiger partial charge in [0.2, 0.25) is 10.0 Å². The number of benzene rings is 1. The van der Waals surface area contributed by atoms with Crippen molar-refractivity contribution in [2.24, 2.45) is 0 Å². The monoisotopic (exact) mass is 427 g/mol. The molecule has 0 spiro atoms. The number of sulfonamides is 1. The van der Waals surface area contributed by atoms with E-state index < -0.39 is 40.1 Å². The second-order valence-corrected chi connectivity index (χ2v) is 9.49. The van der Waals surface area contributed by atoms with E-state index in [-0.39, 0.29) is 17.9 Å².